The maximum atomic E-state index is 12.8. The summed E-state index contributed by atoms with van der Waals surface area (Å²) >= 11 is 0. The van der Waals surface area contributed by atoms with Crippen LogP contribution >= 0.6 is 0 Å². The number of amides is 6. The van der Waals surface area contributed by atoms with Gasteiger partial charge >= 0.3 is 22.5 Å². The van der Waals surface area contributed by atoms with Gasteiger partial charge in [-0.05, 0) is 12.2 Å². The SMILES string of the molecule is NC(=O)c1cn(C2=CC3CN(C2)C(=O)N3OS(=O)(=O)ON2C(=O)N3CC(n4cc(C(N)=O)nn4)=CC2C3)nn1. The van der Waals surface area contributed by atoms with Crippen LogP contribution in [0.2, 0.25) is 0 Å². The number of nitrogens with zero attached hydrogens (tertiary/aromatic N) is 10. The molecule has 204 valence electrons. The van der Waals surface area contributed by atoms with Gasteiger partial charge in [0.15, 0.2) is 11.4 Å². The monoisotopic (exact) mass is 562 g/mol. The van der Waals surface area contributed by atoms with Gasteiger partial charge in [-0.1, -0.05) is 10.4 Å². The minimum absolute atomic E-state index is 0.0205. The molecule has 39 heavy (non-hydrogen) atoms. The number of hydroxylamine groups is 4. The number of carbonyl (C=O) groups is 4. The van der Waals surface area contributed by atoms with Crippen LogP contribution in [0.4, 0.5) is 9.59 Å². The highest BCUT2D eigenvalue weighted by atomic mass is 32.3. The number of carbonyl (C=O) groups excluding carboxylic acids is 4. The normalized spacial score (nSPS) is 22.5. The number of fused-ring (bicyclic) bond motifs is 4. The Balaban J connectivity index is 1.18. The fourth-order valence-corrected chi connectivity index (χ4v) is 5.25. The van der Waals surface area contributed by atoms with Crippen molar-refractivity contribution in [1.29, 1.82) is 0 Å². The largest absolute Gasteiger partial charge is 0.442 e. The van der Waals surface area contributed by atoms with Gasteiger partial charge in [0.25, 0.3) is 11.8 Å². The molecule has 20 nitrogen and oxygen atoms in total. The Hall–Kier alpha value is -4.89. The van der Waals surface area contributed by atoms with E-state index < -0.39 is 46.4 Å². The van der Waals surface area contributed by atoms with Crippen molar-refractivity contribution < 1.29 is 36.2 Å². The second-order valence-corrected chi connectivity index (χ2v) is 9.93. The van der Waals surface area contributed by atoms with Crippen molar-refractivity contribution in [1.82, 2.24) is 49.9 Å². The average Bonchev–Trinajstić information content (AvgIpc) is 3.66. The summed E-state index contributed by atoms with van der Waals surface area (Å²) in [4.78, 5) is 50.8. The van der Waals surface area contributed by atoms with Crippen molar-refractivity contribution in [2.45, 2.75) is 12.1 Å². The second-order valence-electron chi connectivity index (χ2n) is 8.81. The third-order valence-corrected chi connectivity index (χ3v) is 6.92. The molecule has 2 unspecified atom stereocenters. The van der Waals surface area contributed by atoms with E-state index in [0.29, 0.717) is 21.5 Å². The molecule has 4 aliphatic rings. The predicted octanol–water partition coefficient (Wildman–Crippen LogP) is -3.20. The van der Waals surface area contributed by atoms with Crippen LogP contribution in [-0.4, -0.2) is 120 Å². The molecule has 2 atom stereocenters. The Morgan fingerprint density at radius 2 is 1.21 bits per heavy atom. The summed E-state index contributed by atoms with van der Waals surface area (Å²) in [6.45, 7) is 0.246. The van der Waals surface area contributed by atoms with E-state index in [1.54, 1.807) is 0 Å². The van der Waals surface area contributed by atoms with Crippen LogP contribution in [0, 0.1) is 0 Å². The lowest BCUT2D eigenvalue weighted by molar-refractivity contribution is -0.0723. The van der Waals surface area contributed by atoms with Gasteiger partial charge in [0.1, 0.15) is 12.1 Å². The lowest BCUT2D eigenvalue weighted by atomic mass is 10.2. The second kappa shape index (κ2) is 8.57. The van der Waals surface area contributed by atoms with Crippen LogP contribution in [-0.2, 0) is 19.0 Å². The topological polar surface area (TPSA) is 247 Å². The first-order chi connectivity index (χ1) is 18.5. The van der Waals surface area contributed by atoms with E-state index in [4.69, 9.17) is 20.0 Å². The number of hydrogen-bond acceptors (Lipinski definition) is 12. The summed E-state index contributed by atoms with van der Waals surface area (Å²) in [5, 5.41) is 16.1. The maximum Gasteiger partial charge on any atom is 0.442 e. The highest BCUT2D eigenvalue weighted by Crippen LogP contribution is 2.30. The average molecular weight is 562 g/mol. The number of urea groups is 2. The molecule has 4 aliphatic heterocycles. The van der Waals surface area contributed by atoms with Gasteiger partial charge in [-0.3, -0.25) is 9.59 Å². The first-order valence-electron chi connectivity index (χ1n) is 11.2. The van der Waals surface area contributed by atoms with Gasteiger partial charge in [-0.2, -0.15) is 18.5 Å². The number of aromatic nitrogens is 6. The molecule has 2 aromatic heterocycles. The molecule has 0 radical (unpaired) electrons. The molecule has 4 bridgehead atoms. The van der Waals surface area contributed by atoms with E-state index in [-0.39, 0.29) is 37.6 Å². The van der Waals surface area contributed by atoms with E-state index in [2.05, 4.69) is 20.6 Å². The molecular weight excluding hydrogens is 544 g/mol. The van der Waals surface area contributed by atoms with E-state index in [0.717, 1.165) is 0 Å². The standard InChI is InChI=1S/C18H18N12O8S/c19-15(31)13-7-27(23-21-13)9-1-11-5-25(3-9)17(33)29(11)37-39(35,36)38-30-12-2-10(4-26(6-12)18(30)34)28-8-14(16(20)32)22-24-28/h1-2,7-8,11-12H,3-6H2,(H2,19,31)(H2,20,32). The molecule has 0 spiro atoms. The van der Waals surface area contributed by atoms with Crippen LogP contribution in [0.1, 0.15) is 21.0 Å². The maximum absolute atomic E-state index is 12.8. The third-order valence-electron chi connectivity index (χ3n) is 6.23. The predicted molar refractivity (Wildman–Crippen MR) is 122 cm³/mol. The Kier molecular flexibility index (Phi) is 5.37. The quantitative estimate of drug-likeness (QED) is 0.323. The van der Waals surface area contributed by atoms with E-state index in [1.165, 1.54) is 43.7 Å². The molecule has 2 aromatic rings. The van der Waals surface area contributed by atoms with Crippen molar-refractivity contribution in [2.24, 2.45) is 11.5 Å². The van der Waals surface area contributed by atoms with Crippen molar-refractivity contribution in [3.05, 3.63) is 35.9 Å². The van der Waals surface area contributed by atoms with Gasteiger partial charge in [-0.25, -0.2) is 19.0 Å². The zero-order valence-electron chi connectivity index (χ0n) is 19.6. The van der Waals surface area contributed by atoms with Gasteiger partial charge in [0.05, 0.1) is 36.9 Å². The van der Waals surface area contributed by atoms with Gasteiger partial charge in [0, 0.05) is 13.1 Å². The van der Waals surface area contributed by atoms with Crippen LogP contribution in [0.3, 0.4) is 0 Å². The molecule has 0 aliphatic carbocycles. The van der Waals surface area contributed by atoms with Crippen molar-refractivity contribution in [2.75, 3.05) is 26.2 Å². The molecule has 4 N–H and O–H groups in total. The number of rotatable bonds is 8. The summed E-state index contributed by atoms with van der Waals surface area (Å²) < 4.78 is 38.0. The highest BCUT2D eigenvalue weighted by molar-refractivity contribution is 7.81. The van der Waals surface area contributed by atoms with Gasteiger partial charge in [-0.15, -0.1) is 18.8 Å². The summed E-state index contributed by atoms with van der Waals surface area (Å²) in [7, 11) is -4.96. The minimum atomic E-state index is -4.96. The number of primary amides is 2. The van der Waals surface area contributed by atoms with Crippen LogP contribution in [0.5, 0.6) is 0 Å². The molecule has 6 heterocycles. The van der Waals surface area contributed by atoms with Crippen LogP contribution < -0.4 is 11.5 Å². The van der Waals surface area contributed by atoms with Crippen LogP contribution in [0.15, 0.2) is 24.5 Å². The molecule has 2 saturated heterocycles. The highest BCUT2D eigenvalue weighted by Gasteiger charge is 2.47. The molecule has 0 aromatic carbocycles. The number of nitrogens with two attached hydrogens (primary N) is 2. The summed E-state index contributed by atoms with van der Waals surface area (Å²) in [5.41, 5.74) is 11.0. The van der Waals surface area contributed by atoms with Gasteiger partial charge in [0.2, 0.25) is 0 Å². The van der Waals surface area contributed by atoms with E-state index >= 15 is 0 Å². The van der Waals surface area contributed by atoms with Crippen molar-refractivity contribution >= 4 is 45.7 Å². The first kappa shape index (κ1) is 24.4. The van der Waals surface area contributed by atoms with E-state index in [9.17, 15) is 27.6 Å². The molecule has 6 amide bonds. The zero-order chi connectivity index (χ0) is 27.6. The Morgan fingerprint density at radius 1 is 0.795 bits per heavy atom. The fourth-order valence-electron chi connectivity index (χ4n) is 4.48. The molecular formula is C18H18N12O8S. The van der Waals surface area contributed by atoms with Crippen LogP contribution in [0.25, 0.3) is 11.4 Å². The fraction of sp³-hybridized carbons (Fsp3) is 0.333. The molecule has 2 fully saturated rings. The number of hydrogen-bond donors (Lipinski definition) is 2. The Morgan fingerprint density at radius 3 is 1.56 bits per heavy atom. The molecule has 21 heteroatoms. The lowest BCUT2D eigenvalue weighted by Gasteiger charge is -2.22. The minimum Gasteiger partial charge on any atom is -0.364 e. The molecule has 0 saturated carbocycles. The third kappa shape index (κ3) is 4.22. The lowest BCUT2D eigenvalue weighted by Crippen LogP contribution is -2.40. The van der Waals surface area contributed by atoms with Crippen molar-refractivity contribution in [3.63, 3.8) is 0 Å². The van der Waals surface area contributed by atoms with Crippen molar-refractivity contribution in [3.8, 4) is 0 Å². The van der Waals surface area contributed by atoms with Gasteiger partial charge < -0.3 is 21.3 Å². The first-order valence-corrected chi connectivity index (χ1v) is 12.5. The summed E-state index contributed by atoms with van der Waals surface area (Å²) in [6.07, 6.45) is 5.59. The zero-order valence-corrected chi connectivity index (χ0v) is 20.4. The Labute approximate surface area is 217 Å². The molecule has 6 rings (SSSR count). The Bertz CT molecular complexity index is 1480. The smallest absolute Gasteiger partial charge is 0.364 e. The van der Waals surface area contributed by atoms with E-state index in [1.807, 2.05) is 0 Å². The summed E-state index contributed by atoms with van der Waals surface area (Å²) in [6, 6.07) is -3.28. The summed E-state index contributed by atoms with van der Waals surface area (Å²) in [5.74, 6) is -1.58.